The minimum atomic E-state index is -2.76. The van der Waals surface area contributed by atoms with Crippen LogP contribution in [0.5, 0.6) is 0 Å². The van der Waals surface area contributed by atoms with Crippen molar-refractivity contribution in [2.75, 3.05) is 13.7 Å². The van der Waals surface area contributed by atoms with E-state index in [2.05, 4.69) is 32.7 Å². The van der Waals surface area contributed by atoms with E-state index in [1.807, 2.05) is 27.7 Å². The monoisotopic (exact) mass is 528 g/mol. The molecule has 208 valence electrons. The number of Topliss-reactive ketones (excluding diaryl/α,β-unsaturated/α-hetero) is 1. The normalized spacial score (nSPS) is 20.5. The lowest BCUT2D eigenvalue weighted by Gasteiger charge is -2.44. The summed E-state index contributed by atoms with van der Waals surface area (Å²) in [7, 11) is -1.15. The highest BCUT2D eigenvalue weighted by Crippen LogP contribution is 2.40. The summed E-state index contributed by atoms with van der Waals surface area (Å²) < 4.78 is 26.7. The van der Waals surface area contributed by atoms with E-state index in [0.29, 0.717) is 24.8 Å². The van der Waals surface area contributed by atoms with Crippen LogP contribution >= 0.6 is 0 Å². The van der Waals surface area contributed by atoms with Gasteiger partial charge in [0.25, 0.3) is 5.56 Å². The molecule has 1 N–H and O–H groups in total. The van der Waals surface area contributed by atoms with Gasteiger partial charge in [-0.05, 0) is 45.2 Å². The molecule has 0 spiro atoms. The summed E-state index contributed by atoms with van der Waals surface area (Å²) in [5.74, 6) is 0.139. The Morgan fingerprint density at radius 1 is 1.22 bits per heavy atom. The van der Waals surface area contributed by atoms with E-state index in [-0.39, 0.29) is 29.6 Å². The lowest BCUT2D eigenvalue weighted by molar-refractivity contribution is -0.118. The second kappa shape index (κ2) is 13.8. The smallest absolute Gasteiger partial charge is 0.343 e. The van der Waals surface area contributed by atoms with E-state index < -0.39 is 37.7 Å². The van der Waals surface area contributed by atoms with E-state index in [1.54, 1.807) is 21.0 Å². The molecule has 0 saturated carbocycles. The molecule has 1 aromatic rings. The fourth-order valence-electron chi connectivity index (χ4n) is 4.51. The number of H-pyrrole nitrogens is 1. The molecule has 2 rings (SSSR count). The van der Waals surface area contributed by atoms with Gasteiger partial charge in [0.15, 0.2) is 0 Å². The second-order valence-electron chi connectivity index (χ2n) is 10.5. The third kappa shape index (κ3) is 8.21. The Bertz CT molecular complexity index is 946. The highest BCUT2D eigenvalue weighted by Gasteiger charge is 2.50. The SMILES string of the molecule is CC.CO[C@@H]1C[C@H](n2cc(C)c(=O)[nH]c2=O)O[C@@H]1CO[Si](OC(C)(C)CCC(C)=O)(C(C)C)C(C)C. The molecular weight excluding hydrogens is 480 g/mol. The van der Waals surface area contributed by atoms with Crippen molar-refractivity contribution in [1.29, 1.82) is 0 Å². The molecule has 2 heterocycles. The third-order valence-corrected chi connectivity index (χ3v) is 11.2. The van der Waals surface area contributed by atoms with Gasteiger partial charge in [0.05, 0.1) is 18.3 Å². The van der Waals surface area contributed by atoms with Gasteiger partial charge in [-0.15, -0.1) is 0 Å². The number of nitrogens with one attached hydrogen (secondary N) is 1. The number of ketones is 1. The number of carbonyl (C=O) groups excluding carboxylic acids is 1. The molecule has 0 bridgehead atoms. The number of rotatable bonds is 12. The van der Waals surface area contributed by atoms with E-state index in [9.17, 15) is 14.4 Å². The zero-order valence-electron chi connectivity index (χ0n) is 24.1. The first-order chi connectivity index (χ1) is 16.7. The van der Waals surface area contributed by atoms with Crippen LogP contribution in [0.1, 0.15) is 93.4 Å². The first-order valence-corrected chi connectivity index (χ1v) is 15.0. The van der Waals surface area contributed by atoms with Gasteiger partial charge in [-0.1, -0.05) is 41.5 Å². The number of carbonyl (C=O) groups is 1. The number of hydrogen-bond donors (Lipinski definition) is 1. The molecule has 1 aliphatic heterocycles. The lowest BCUT2D eigenvalue weighted by atomic mass is 10.0. The molecule has 1 aromatic heterocycles. The van der Waals surface area contributed by atoms with Crippen LogP contribution in [0.4, 0.5) is 0 Å². The zero-order chi connectivity index (χ0) is 27.8. The molecule has 36 heavy (non-hydrogen) atoms. The van der Waals surface area contributed by atoms with Crippen molar-refractivity contribution in [3.05, 3.63) is 32.6 Å². The maximum absolute atomic E-state index is 12.4. The van der Waals surface area contributed by atoms with Gasteiger partial charge < -0.3 is 23.1 Å². The van der Waals surface area contributed by atoms with Crippen LogP contribution in [0.25, 0.3) is 0 Å². The van der Waals surface area contributed by atoms with Gasteiger partial charge in [-0.3, -0.25) is 14.3 Å². The summed E-state index contributed by atoms with van der Waals surface area (Å²) >= 11 is 0. The average molecular weight is 529 g/mol. The highest BCUT2D eigenvalue weighted by atomic mass is 28.4. The topological polar surface area (TPSA) is 109 Å². The predicted octanol–water partition coefficient (Wildman–Crippen LogP) is 4.62. The first-order valence-electron chi connectivity index (χ1n) is 13.1. The molecule has 0 amide bonds. The Hall–Kier alpha value is -1.59. The Morgan fingerprint density at radius 2 is 1.81 bits per heavy atom. The molecule has 10 heteroatoms. The van der Waals surface area contributed by atoms with Crippen molar-refractivity contribution in [3.8, 4) is 0 Å². The van der Waals surface area contributed by atoms with Crippen molar-refractivity contribution < 1.29 is 23.1 Å². The maximum atomic E-state index is 12.4. The minimum absolute atomic E-state index is 0.139. The summed E-state index contributed by atoms with van der Waals surface area (Å²) in [6, 6.07) is 0. The Kier molecular flexibility index (Phi) is 12.4. The Balaban J connectivity index is 0.00000316. The lowest BCUT2D eigenvalue weighted by Crippen LogP contribution is -2.54. The number of ether oxygens (including phenoxy) is 2. The largest absolute Gasteiger partial charge is 0.391 e. The van der Waals surface area contributed by atoms with E-state index >= 15 is 0 Å². The van der Waals surface area contributed by atoms with Gasteiger partial charge >= 0.3 is 14.3 Å². The Labute approximate surface area is 217 Å². The number of aromatic amines is 1. The summed E-state index contributed by atoms with van der Waals surface area (Å²) in [5.41, 5.74) is -0.674. The fraction of sp³-hybridized carbons (Fsp3) is 0.808. The van der Waals surface area contributed by atoms with Crippen LogP contribution in [-0.4, -0.2) is 55.4 Å². The number of nitrogens with zero attached hydrogens (tertiary/aromatic N) is 1. The number of aromatic nitrogens is 2. The van der Waals surface area contributed by atoms with Crippen LogP contribution in [0.15, 0.2) is 15.8 Å². The summed E-state index contributed by atoms with van der Waals surface area (Å²) in [6.45, 7) is 20.0. The van der Waals surface area contributed by atoms with E-state index in [0.717, 1.165) is 0 Å². The van der Waals surface area contributed by atoms with Gasteiger partial charge in [0.2, 0.25) is 0 Å². The molecule has 1 aliphatic rings. The van der Waals surface area contributed by atoms with Gasteiger partial charge in [0, 0.05) is 31.7 Å². The molecule has 1 fully saturated rings. The zero-order valence-corrected chi connectivity index (χ0v) is 25.1. The predicted molar refractivity (Wildman–Crippen MR) is 144 cm³/mol. The van der Waals surface area contributed by atoms with Crippen molar-refractivity contribution in [3.63, 3.8) is 0 Å². The molecule has 0 aromatic carbocycles. The molecule has 1 saturated heterocycles. The van der Waals surface area contributed by atoms with Crippen LogP contribution in [0.3, 0.4) is 0 Å². The fourth-order valence-corrected chi connectivity index (χ4v) is 8.43. The molecule has 0 aliphatic carbocycles. The first kappa shape index (κ1) is 32.4. The molecule has 0 radical (unpaired) electrons. The number of methoxy groups -OCH3 is 1. The summed E-state index contributed by atoms with van der Waals surface area (Å²) in [5, 5.41) is 0. The highest BCUT2D eigenvalue weighted by molar-refractivity contribution is 6.70. The van der Waals surface area contributed by atoms with Gasteiger partial charge in [-0.2, -0.15) is 0 Å². The average Bonchev–Trinajstić information content (AvgIpc) is 3.21. The number of hydrogen-bond acceptors (Lipinski definition) is 7. The van der Waals surface area contributed by atoms with E-state index in [1.165, 1.54) is 10.8 Å². The Morgan fingerprint density at radius 3 is 2.31 bits per heavy atom. The standard InChI is InChI=1S/C24H42N2O7Si.C2H6/c1-15(2)34(16(3)4,33-24(7,8)11-10-18(6)27)31-14-20-19(30-9)12-21(32-20)26-13-17(5)22(28)25-23(26)29;1-2/h13,15-16,19-21H,10-12,14H2,1-9H3,(H,25,28,29);1-2H3/t19-,20-,21-;/m1./s1. The molecular formula is C26H48N2O7Si. The van der Waals surface area contributed by atoms with Gasteiger partial charge in [-0.25, -0.2) is 4.79 Å². The van der Waals surface area contributed by atoms with Crippen molar-refractivity contribution in [2.45, 2.75) is 124 Å². The second-order valence-corrected chi connectivity index (χ2v) is 14.8. The van der Waals surface area contributed by atoms with Crippen LogP contribution in [0.2, 0.25) is 11.1 Å². The number of aryl methyl sites for hydroxylation is 1. The quantitative estimate of drug-likeness (QED) is 0.394. The summed E-state index contributed by atoms with van der Waals surface area (Å²) in [4.78, 5) is 38.0. The minimum Gasteiger partial charge on any atom is -0.391 e. The molecule has 3 atom stereocenters. The third-order valence-electron chi connectivity index (χ3n) is 6.54. The van der Waals surface area contributed by atoms with E-state index in [4.69, 9.17) is 18.3 Å². The van der Waals surface area contributed by atoms with Crippen molar-refractivity contribution >= 4 is 14.3 Å². The molecule has 0 unspecified atom stereocenters. The van der Waals surface area contributed by atoms with Crippen LogP contribution in [-0.2, 0) is 23.1 Å². The molecule has 9 nitrogen and oxygen atoms in total. The van der Waals surface area contributed by atoms with Crippen molar-refractivity contribution in [2.24, 2.45) is 0 Å². The van der Waals surface area contributed by atoms with Crippen LogP contribution < -0.4 is 11.2 Å². The van der Waals surface area contributed by atoms with Crippen LogP contribution in [0, 0.1) is 6.92 Å². The van der Waals surface area contributed by atoms with Crippen molar-refractivity contribution in [1.82, 2.24) is 9.55 Å². The maximum Gasteiger partial charge on any atom is 0.343 e. The van der Waals surface area contributed by atoms with Gasteiger partial charge in [0.1, 0.15) is 18.1 Å². The summed E-state index contributed by atoms with van der Waals surface area (Å²) in [6.07, 6.45) is 1.81.